The Morgan fingerprint density at radius 3 is 2.56 bits per heavy atom. The summed E-state index contributed by atoms with van der Waals surface area (Å²) in [5, 5.41) is 18.7. The van der Waals surface area contributed by atoms with Gasteiger partial charge in [0.05, 0.1) is 0 Å². The average molecular weight is 249 g/mol. The lowest BCUT2D eigenvalue weighted by molar-refractivity contribution is 0.0706. The number of aromatic hydroxyl groups is 2. The highest BCUT2D eigenvalue weighted by atomic mass is 16.3. The maximum absolute atomic E-state index is 12.2. The minimum Gasteiger partial charge on any atom is -0.504 e. The molecule has 4 heteroatoms. The van der Waals surface area contributed by atoms with Crippen molar-refractivity contribution in [2.24, 2.45) is 5.92 Å². The molecule has 0 bridgehead atoms. The summed E-state index contributed by atoms with van der Waals surface area (Å²) in [6, 6.07) is 4.21. The molecule has 0 saturated heterocycles. The van der Waals surface area contributed by atoms with Crippen LogP contribution in [0.5, 0.6) is 11.5 Å². The molecular formula is C14H19NO3. The summed E-state index contributed by atoms with van der Waals surface area (Å²) in [7, 11) is 0. The topological polar surface area (TPSA) is 60.8 Å². The van der Waals surface area contributed by atoms with Gasteiger partial charge in [0.25, 0.3) is 5.91 Å². The summed E-state index contributed by atoms with van der Waals surface area (Å²) >= 11 is 0. The Bertz CT molecular complexity index is 441. The summed E-state index contributed by atoms with van der Waals surface area (Å²) in [4.78, 5) is 14.0. The second-order valence-corrected chi connectivity index (χ2v) is 4.84. The fourth-order valence-corrected chi connectivity index (χ4v) is 2.18. The molecule has 1 amide bonds. The zero-order valence-electron chi connectivity index (χ0n) is 10.6. The molecule has 2 rings (SSSR count). The van der Waals surface area contributed by atoms with Gasteiger partial charge in [-0.05, 0) is 43.9 Å². The fourth-order valence-electron chi connectivity index (χ4n) is 2.18. The Labute approximate surface area is 107 Å². The maximum atomic E-state index is 12.2. The lowest BCUT2D eigenvalue weighted by Crippen LogP contribution is -2.37. The van der Waals surface area contributed by atoms with Crippen LogP contribution in [0.25, 0.3) is 0 Å². The second kappa shape index (κ2) is 5.29. The van der Waals surface area contributed by atoms with Crippen LogP contribution in [-0.4, -0.2) is 34.1 Å². The van der Waals surface area contributed by atoms with Gasteiger partial charge in [-0.3, -0.25) is 4.79 Å². The summed E-state index contributed by atoms with van der Waals surface area (Å²) in [5.74, 6) is 0.0912. The van der Waals surface area contributed by atoms with Crippen LogP contribution in [0.3, 0.4) is 0 Å². The Morgan fingerprint density at radius 2 is 2.06 bits per heavy atom. The predicted octanol–water partition coefficient (Wildman–Crippen LogP) is 2.36. The van der Waals surface area contributed by atoms with Crippen molar-refractivity contribution in [1.29, 1.82) is 0 Å². The van der Waals surface area contributed by atoms with Gasteiger partial charge in [0.2, 0.25) is 0 Å². The number of carbonyl (C=O) groups excluding carboxylic acids is 1. The first-order valence-electron chi connectivity index (χ1n) is 6.43. The number of phenols is 2. The second-order valence-electron chi connectivity index (χ2n) is 4.84. The summed E-state index contributed by atoms with van der Waals surface area (Å²) in [6.07, 6.45) is 3.66. The smallest absolute Gasteiger partial charge is 0.253 e. The van der Waals surface area contributed by atoms with Crippen LogP contribution in [-0.2, 0) is 0 Å². The van der Waals surface area contributed by atoms with Gasteiger partial charge in [-0.1, -0.05) is 6.42 Å². The molecule has 1 aromatic rings. The molecule has 0 radical (unpaired) electrons. The van der Waals surface area contributed by atoms with Crippen molar-refractivity contribution < 1.29 is 15.0 Å². The number of hydrogen-bond donors (Lipinski definition) is 2. The van der Waals surface area contributed by atoms with E-state index in [9.17, 15) is 15.0 Å². The van der Waals surface area contributed by atoms with E-state index in [2.05, 4.69) is 0 Å². The third kappa shape index (κ3) is 2.58. The minimum atomic E-state index is -0.249. The van der Waals surface area contributed by atoms with Gasteiger partial charge >= 0.3 is 0 Å². The first kappa shape index (κ1) is 12.7. The number of phenolic OH excluding ortho intramolecular Hbond substituents is 2. The molecule has 1 aliphatic rings. The number of carbonyl (C=O) groups is 1. The monoisotopic (exact) mass is 249 g/mol. The highest BCUT2D eigenvalue weighted by molar-refractivity contribution is 5.94. The van der Waals surface area contributed by atoms with Gasteiger partial charge < -0.3 is 15.1 Å². The molecular weight excluding hydrogens is 230 g/mol. The van der Waals surface area contributed by atoms with E-state index >= 15 is 0 Å². The number of nitrogens with zero attached hydrogens (tertiary/aromatic N) is 1. The van der Waals surface area contributed by atoms with Crippen molar-refractivity contribution in [3.05, 3.63) is 23.8 Å². The molecule has 0 atom stereocenters. The van der Waals surface area contributed by atoms with E-state index in [0.29, 0.717) is 18.0 Å². The SMILES string of the molecule is CCN(CC1CCC1)C(=O)c1ccc(O)c(O)c1. The van der Waals surface area contributed by atoms with Crippen LogP contribution in [0.4, 0.5) is 0 Å². The zero-order valence-corrected chi connectivity index (χ0v) is 10.6. The van der Waals surface area contributed by atoms with E-state index in [4.69, 9.17) is 0 Å². The number of benzene rings is 1. The third-order valence-corrected chi connectivity index (χ3v) is 3.59. The van der Waals surface area contributed by atoms with Crippen LogP contribution in [0.1, 0.15) is 36.5 Å². The first-order chi connectivity index (χ1) is 8.61. The van der Waals surface area contributed by atoms with Crippen molar-refractivity contribution >= 4 is 5.91 Å². The maximum Gasteiger partial charge on any atom is 0.253 e. The minimum absolute atomic E-state index is 0.0836. The van der Waals surface area contributed by atoms with Crippen LogP contribution >= 0.6 is 0 Å². The molecule has 1 fully saturated rings. The highest BCUT2D eigenvalue weighted by Gasteiger charge is 2.23. The molecule has 0 spiro atoms. The summed E-state index contributed by atoms with van der Waals surface area (Å²) in [5.41, 5.74) is 0.423. The zero-order chi connectivity index (χ0) is 13.1. The Kier molecular flexibility index (Phi) is 3.75. The van der Waals surface area contributed by atoms with Gasteiger partial charge in [0, 0.05) is 18.7 Å². The predicted molar refractivity (Wildman–Crippen MR) is 68.7 cm³/mol. The molecule has 2 N–H and O–H groups in total. The van der Waals surface area contributed by atoms with E-state index < -0.39 is 0 Å². The fraction of sp³-hybridized carbons (Fsp3) is 0.500. The van der Waals surface area contributed by atoms with E-state index in [1.165, 1.54) is 31.4 Å². The van der Waals surface area contributed by atoms with Crippen LogP contribution < -0.4 is 0 Å². The van der Waals surface area contributed by atoms with Crippen LogP contribution in [0.15, 0.2) is 18.2 Å². The third-order valence-electron chi connectivity index (χ3n) is 3.59. The van der Waals surface area contributed by atoms with Gasteiger partial charge in [-0.15, -0.1) is 0 Å². The highest BCUT2D eigenvalue weighted by Crippen LogP contribution is 2.29. The van der Waals surface area contributed by atoms with Crippen molar-refractivity contribution in [2.45, 2.75) is 26.2 Å². The van der Waals surface area contributed by atoms with E-state index in [-0.39, 0.29) is 17.4 Å². The molecule has 1 saturated carbocycles. The molecule has 18 heavy (non-hydrogen) atoms. The van der Waals surface area contributed by atoms with Gasteiger partial charge in [-0.2, -0.15) is 0 Å². The molecule has 0 aliphatic heterocycles. The molecule has 0 unspecified atom stereocenters. The van der Waals surface area contributed by atoms with Gasteiger partial charge in [0.15, 0.2) is 11.5 Å². The van der Waals surface area contributed by atoms with Gasteiger partial charge in [-0.25, -0.2) is 0 Å². The van der Waals surface area contributed by atoms with Crippen LogP contribution in [0.2, 0.25) is 0 Å². The lowest BCUT2D eigenvalue weighted by Gasteiger charge is -2.31. The molecule has 98 valence electrons. The standard InChI is InChI=1S/C14H19NO3/c1-2-15(9-10-4-3-5-10)14(18)11-6-7-12(16)13(17)8-11/h6-8,10,16-17H,2-5,9H2,1H3. The number of amides is 1. The van der Waals surface area contributed by atoms with Crippen LogP contribution in [0, 0.1) is 5.92 Å². The summed E-state index contributed by atoms with van der Waals surface area (Å²) in [6.45, 7) is 3.41. The number of rotatable bonds is 4. The molecule has 1 aliphatic carbocycles. The normalized spacial score (nSPS) is 15.2. The van der Waals surface area contributed by atoms with E-state index in [1.807, 2.05) is 6.92 Å². The Morgan fingerprint density at radius 1 is 1.33 bits per heavy atom. The van der Waals surface area contributed by atoms with Crippen molar-refractivity contribution in [1.82, 2.24) is 4.90 Å². The molecule has 1 aromatic carbocycles. The van der Waals surface area contributed by atoms with Crippen molar-refractivity contribution in [3.63, 3.8) is 0 Å². The number of hydrogen-bond acceptors (Lipinski definition) is 3. The lowest BCUT2D eigenvalue weighted by atomic mass is 9.85. The van der Waals surface area contributed by atoms with Gasteiger partial charge in [0.1, 0.15) is 0 Å². The largest absolute Gasteiger partial charge is 0.504 e. The molecule has 0 heterocycles. The Balaban J connectivity index is 2.09. The Hall–Kier alpha value is -1.71. The van der Waals surface area contributed by atoms with Crippen molar-refractivity contribution in [2.75, 3.05) is 13.1 Å². The van der Waals surface area contributed by atoms with E-state index in [1.54, 1.807) is 11.0 Å². The average Bonchev–Trinajstić information content (AvgIpc) is 2.31. The van der Waals surface area contributed by atoms with E-state index in [0.717, 1.165) is 6.54 Å². The molecule has 0 aromatic heterocycles. The summed E-state index contributed by atoms with van der Waals surface area (Å²) < 4.78 is 0. The first-order valence-corrected chi connectivity index (χ1v) is 6.43. The van der Waals surface area contributed by atoms with Crippen molar-refractivity contribution in [3.8, 4) is 11.5 Å². The molecule has 4 nitrogen and oxygen atoms in total. The quantitative estimate of drug-likeness (QED) is 0.805.